The van der Waals surface area contributed by atoms with Gasteiger partial charge in [-0.15, -0.1) is 0 Å². The number of carbonyl (C=O) groups is 2. The van der Waals surface area contributed by atoms with Crippen LogP contribution in [0.5, 0.6) is 5.75 Å². The van der Waals surface area contributed by atoms with Gasteiger partial charge < -0.3 is 4.74 Å². The fraction of sp³-hybridized carbons (Fsp3) is 0.211. The molecule has 1 amide bonds. The Morgan fingerprint density at radius 1 is 1.22 bits per heavy atom. The zero-order chi connectivity index (χ0) is 19.2. The van der Waals surface area contributed by atoms with Gasteiger partial charge in [0.05, 0.1) is 11.8 Å². The van der Waals surface area contributed by atoms with Gasteiger partial charge in [-0.1, -0.05) is 34.1 Å². The summed E-state index contributed by atoms with van der Waals surface area (Å²) in [6.07, 6.45) is 2.20. The second-order valence-corrected chi connectivity index (χ2v) is 7.10. The Morgan fingerprint density at radius 3 is 2.78 bits per heavy atom. The second-order valence-electron chi connectivity index (χ2n) is 6.18. The molecule has 0 aromatic heterocycles. The lowest BCUT2D eigenvalue weighted by Crippen LogP contribution is -2.41. The number of nitrogens with zero attached hydrogens (tertiary/aromatic N) is 1. The van der Waals surface area contributed by atoms with E-state index in [2.05, 4.69) is 37.3 Å². The molecule has 1 fully saturated rings. The SMILES string of the molecule is CC1CC(C(=O)N/N=C/c2cccc(OC(=O)c3cccc(Br)c3)c2)NN1. The average Bonchev–Trinajstić information content (AvgIpc) is 3.08. The molecule has 140 valence electrons. The van der Waals surface area contributed by atoms with Gasteiger partial charge in [0.25, 0.3) is 5.91 Å². The third-order valence-electron chi connectivity index (χ3n) is 3.93. The van der Waals surface area contributed by atoms with E-state index in [0.717, 1.165) is 4.47 Å². The van der Waals surface area contributed by atoms with Crippen LogP contribution in [0.15, 0.2) is 58.1 Å². The molecule has 2 unspecified atom stereocenters. The summed E-state index contributed by atoms with van der Waals surface area (Å²) in [4.78, 5) is 24.2. The number of rotatable bonds is 5. The van der Waals surface area contributed by atoms with Crippen LogP contribution in [0.25, 0.3) is 0 Å². The standard InChI is InChI=1S/C19H19BrN4O3/c1-12-8-17(23-22-12)18(25)24-21-11-13-4-2-7-16(9-13)27-19(26)14-5-3-6-15(20)10-14/h2-7,9-12,17,22-23H,8H2,1H3,(H,24,25)/b21-11+. The van der Waals surface area contributed by atoms with Crippen molar-refractivity contribution >= 4 is 34.0 Å². The molecular formula is C19H19BrN4O3. The number of hydrogen-bond acceptors (Lipinski definition) is 6. The molecule has 0 spiro atoms. The molecule has 1 heterocycles. The largest absolute Gasteiger partial charge is 0.423 e. The van der Waals surface area contributed by atoms with E-state index in [9.17, 15) is 9.59 Å². The fourth-order valence-electron chi connectivity index (χ4n) is 2.57. The Morgan fingerprint density at radius 2 is 2.04 bits per heavy atom. The van der Waals surface area contributed by atoms with Crippen LogP contribution < -0.4 is 21.0 Å². The summed E-state index contributed by atoms with van der Waals surface area (Å²) in [5.74, 6) is -0.265. The molecule has 0 radical (unpaired) electrons. The van der Waals surface area contributed by atoms with Gasteiger partial charge >= 0.3 is 5.97 Å². The Balaban J connectivity index is 1.58. The number of esters is 1. The number of hydrogen-bond donors (Lipinski definition) is 3. The Hall–Kier alpha value is -2.55. The van der Waals surface area contributed by atoms with Gasteiger partial charge in [-0.2, -0.15) is 5.10 Å². The number of hydrazine groups is 1. The van der Waals surface area contributed by atoms with Crippen molar-refractivity contribution in [3.05, 3.63) is 64.1 Å². The maximum absolute atomic E-state index is 12.2. The monoisotopic (exact) mass is 430 g/mol. The van der Waals surface area contributed by atoms with Crippen molar-refractivity contribution in [2.24, 2.45) is 5.10 Å². The van der Waals surface area contributed by atoms with Crippen LogP contribution >= 0.6 is 15.9 Å². The average molecular weight is 431 g/mol. The predicted octanol–water partition coefficient (Wildman–Crippen LogP) is 2.37. The molecule has 27 heavy (non-hydrogen) atoms. The minimum atomic E-state index is -0.451. The highest BCUT2D eigenvalue weighted by molar-refractivity contribution is 9.10. The third-order valence-corrected chi connectivity index (χ3v) is 4.42. The number of hydrazone groups is 1. The Bertz CT molecular complexity index is 872. The van der Waals surface area contributed by atoms with Crippen molar-refractivity contribution in [2.75, 3.05) is 0 Å². The van der Waals surface area contributed by atoms with E-state index >= 15 is 0 Å². The maximum Gasteiger partial charge on any atom is 0.343 e. The smallest absolute Gasteiger partial charge is 0.343 e. The van der Waals surface area contributed by atoms with Crippen molar-refractivity contribution in [3.8, 4) is 5.75 Å². The van der Waals surface area contributed by atoms with E-state index in [-0.39, 0.29) is 18.0 Å². The first-order chi connectivity index (χ1) is 13.0. The zero-order valence-electron chi connectivity index (χ0n) is 14.6. The molecule has 2 atom stereocenters. The summed E-state index contributed by atoms with van der Waals surface area (Å²) in [7, 11) is 0. The number of carbonyl (C=O) groups excluding carboxylic acids is 2. The summed E-state index contributed by atoms with van der Waals surface area (Å²) in [6, 6.07) is 13.8. The number of ether oxygens (including phenoxy) is 1. The van der Waals surface area contributed by atoms with Crippen molar-refractivity contribution in [2.45, 2.75) is 25.4 Å². The summed E-state index contributed by atoms with van der Waals surface area (Å²) in [6.45, 7) is 1.99. The molecule has 8 heteroatoms. The molecular weight excluding hydrogens is 412 g/mol. The number of benzene rings is 2. The van der Waals surface area contributed by atoms with Crippen LogP contribution in [0.1, 0.15) is 29.3 Å². The van der Waals surface area contributed by atoms with Crippen molar-refractivity contribution in [3.63, 3.8) is 0 Å². The second kappa shape index (κ2) is 8.90. The van der Waals surface area contributed by atoms with Gasteiger partial charge in [-0.05, 0) is 49.2 Å². The topological polar surface area (TPSA) is 91.8 Å². The van der Waals surface area contributed by atoms with Crippen molar-refractivity contribution < 1.29 is 14.3 Å². The van der Waals surface area contributed by atoms with E-state index in [1.54, 1.807) is 42.5 Å². The number of amides is 1. The van der Waals surface area contributed by atoms with E-state index in [1.807, 2.05) is 13.0 Å². The molecule has 1 aliphatic heterocycles. The van der Waals surface area contributed by atoms with Gasteiger partial charge in [0.2, 0.25) is 0 Å². The van der Waals surface area contributed by atoms with E-state index in [4.69, 9.17) is 4.74 Å². The predicted molar refractivity (Wildman–Crippen MR) is 105 cm³/mol. The lowest BCUT2D eigenvalue weighted by Gasteiger charge is -2.07. The molecule has 0 bridgehead atoms. The molecule has 2 aromatic rings. The van der Waals surface area contributed by atoms with Crippen LogP contribution in [-0.2, 0) is 4.79 Å². The highest BCUT2D eigenvalue weighted by atomic mass is 79.9. The quantitative estimate of drug-likeness (QED) is 0.293. The van der Waals surface area contributed by atoms with Gasteiger partial charge in [0.15, 0.2) is 0 Å². The molecule has 3 N–H and O–H groups in total. The highest BCUT2D eigenvalue weighted by Gasteiger charge is 2.26. The molecule has 7 nitrogen and oxygen atoms in total. The Kier molecular flexibility index (Phi) is 6.33. The van der Waals surface area contributed by atoms with Gasteiger partial charge in [-0.25, -0.2) is 15.6 Å². The Labute approximate surface area is 165 Å². The van der Waals surface area contributed by atoms with Crippen LogP contribution in [0.3, 0.4) is 0 Å². The summed E-state index contributed by atoms with van der Waals surface area (Å²) in [5.41, 5.74) is 9.54. The van der Waals surface area contributed by atoms with Gasteiger partial charge in [-0.3, -0.25) is 10.2 Å². The van der Waals surface area contributed by atoms with E-state index in [0.29, 0.717) is 23.3 Å². The van der Waals surface area contributed by atoms with Crippen LogP contribution in [0.4, 0.5) is 0 Å². The summed E-state index contributed by atoms with van der Waals surface area (Å²) < 4.78 is 6.19. The third kappa shape index (κ3) is 5.46. The van der Waals surface area contributed by atoms with Gasteiger partial charge in [0.1, 0.15) is 11.8 Å². The summed E-state index contributed by atoms with van der Waals surface area (Å²) >= 11 is 3.33. The normalized spacial score (nSPS) is 19.2. The highest BCUT2D eigenvalue weighted by Crippen LogP contribution is 2.17. The first kappa shape index (κ1) is 19.2. The molecule has 1 saturated heterocycles. The lowest BCUT2D eigenvalue weighted by molar-refractivity contribution is -0.122. The number of nitrogens with one attached hydrogen (secondary N) is 3. The molecule has 0 saturated carbocycles. The minimum Gasteiger partial charge on any atom is -0.423 e. The fourth-order valence-corrected chi connectivity index (χ4v) is 2.97. The maximum atomic E-state index is 12.2. The first-order valence-electron chi connectivity index (χ1n) is 8.43. The minimum absolute atomic E-state index is 0.208. The van der Waals surface area contributed by atoms with Crippen molar-refractivity contribution in [1.82, 2.24) is 16.3 Å². The van der Waals surface area contributed by atoms with Crippen LogP contribution in [0.2, 0.25) is 0 Å². The molecule has 3 rings (SSSR count). The molecule has 2 aromatic carbocycles. The van der Waals surface area contributed by atoms with Gasteiger partial charge in [0, 0.05) is 10.5 Å². The molecule has 1 aliphatic rings. The molecule has 0 aliphatic carbocycles. The number of halogens is 1. The van der Waals surface area contributed by atoms with Crippen LogP contribution in [0, 0.1) is 0 Å². The summed E-state index contributed by atoms with van der Waals surface area (Å²) in [5, 5.41) is 3.96. The lowest BCUT2D eigenvalue weighted by atomic mass is 10.1. The van der Waals surface area contributed by atoms with E-state index < -0.39 is 5.97 Å². The first-order valence-corrected chi connectivity index (χ1v) is 9.22. The van der Waals surface area contributed by atoms with Crippen LogP contribution in [-0.4, -0.2) is 30.2 Å². The van der Waals surface area contributed by atoms with Crippen molar-refractivity contribution in [1.29, 1.82) is 0 Å². The van der Waals surface area contributed by atoms with E-state index in [1.165, 1.54) is 6.21 Å². The zero-order valence-corrected chi connectivity index (χ0v) is 16.2.